The summed E-state index contributed by atoms with van der Waals surface area (Å²) in [4.78, 5) is 7.97. The zero-order chi connectivity index (χ0) is 14.3. The molecule has 0 spiro atoms. The number of hydrogen-bond donors (Lipinski definition) is 2. The van der Waals surface area contributed by atoms with Crippen molar-refractivity contribution in [2.24, 2.45) is 0 Å². The molecule has 0 radical (unpaired) electrons. The second-order valence-corrected chi connectivity index (χ2v) is 5.69. The molecule has 0 aliphatic carbocycles. The van der Waals surface area contributed by atoms with Crippen LogP contribution in [0.5, 0.6) is 0 Å². The average molecular weight is 266 g/mol. The Kier molecular flexibility index (Phi) is 2.87. The molecule has 0 unspecified atom stereocenters. The van der Waals surface area contributed by atoms with Crippen molar-refractivity contribution in [3.05, 3.63) is 53.6 Å². The van der Waals surface area contributed by atoms with Gasteiger partial charge in [0.25, 0.3) is 0 Å². The minimum absolute atomic E-state index is 0.845. The summed E-state index contributed by atoms with van der Waals surface area (Å²) in [7, 11) is 0. The summed E-state index contributed by atoms with van der Waals surface area (Å²) in [6, 6.07) is 14.0. The first-order valence-corrected chi connectivity index (χ1v) is 6.74. The number of rotatable bonds is 2. The van der Waals surface area contributed by atoms with Crippen LogP contribution in [0.4, 0.5) is 0 Å². The number of benzene rings is 2. The van der Waals surface area contributed by atoms with Gasteiger partial charge in [0.2, 0.25) is 0 Å². The van der Waals surface area contributed by atoms with E-state index in [2.05, 4.69) is 29.0 Å². The number of H-pyrrole nitrogens is 1. The summed E-state index contributed by atoms with van der Waals surface area (Å²) < 4.78 is 0. The van der Waals surface area contributed by atoms with Gasteiger partial charge in [-0.2, -0.15) is 0 Å². The van der Waals surface area contributed by atoms with Crippen molar-refractivity contribution in [3.63, 3.8) is 0 Å². The molecule has 0 saturated heterocycles. The van der Waals surface area contributed by atoms with Gasteiger partial charge in [-0.25, -0.2) is 4.98 Å². The van der Waals surface area contributed by atoms with Gasteiger partial charge in [0.1, 0.15) is 5.82 Å². The van der Waals surface area contributed by atoms with Gasteiger partial charge in [-0.1, -0.05) is 30.3 Å². The maximum atomic E-state index is 10.1. The summed E-state index contributed by atoms with van der Waals surface area (Å²) in [6.07, 6.45) is 0. The zero-order valence-electron chi connectivity index (χ0n) is 11.9. The van der Waals surface area contributed by atoms with E-state index in [-0.39, 0.29) is 0 Å². The Morgan fingerprint density at radius 3 is 2.55 bits per heavy atom. The van der Waals surface area contributed by atoms with Gasteiger partial charge in [0.15, 0.2) is 0 Å². The maximum absolute atomic E-state index is 10.1. The van der Waals surface area contributed by atoms with Crippen LogP contribution in [0.3, 0.4) is 0 Å². The van der Waals surface area contributed by atoms with E-state index in [9.17, 15) is 5.11 Å². The summed E-state index contributed by atoms with van der Waals surface area (Å²) >= 11 is 0. The lowest BCUT2D eigenvalue weighted by molar-refractivity contribution is 0.0787. The van der Waals surface area contributed by atoms with Crippen LogP contribution in [-0.4, -0.2) is 15.1 Å². The molecular formula is C17H18N2O. The molecule has 102 valence electrons. The van der Waals surface area contributed by atoms with Crippen molar-refractivity contribution >= 4 is 11.0 Å². The maximum Gasteiger partial charge on any atom is 0.138 e. The monoisotopic (exact) mass is 266 g/mol. The predicted octanol–water partition coefficient (Wildman–Crippen LogP) is 3.77. The van der Waals surface area contributed by atoms with Gasteiger partial charge in [-0.3, -0.25) is 0 Å². The third-order valence-electron chi connectivity index (χ3n) is 3.59. The molecule has 3 aromatic rings. The van der Waals surface area contributed by atoms with Crippen molar-refractivity contribution in [1.82, 2.24) is 9.97 Å². The van der Waals surface area contributed by atoms with E-state index in [0.717, 1.165) is 28.0 Å². The Bertz CT molecular complexity index is 766. The average Bonchev–Trinajstić information content (AvgIpc) is 2.80. The number of fused-ring (bicyclic) bond motifs is 1. The molecule has 2 aromatic carbocycles. The van der Waals surface area contributed by atoms with Crippen molar-refractivity contribution in [2.75, 3.05) is 0 Å². The van der Waals surface area contributed by atoms with Crippen LogP contribution in [-0.2, 0) is 5.60 Å². The van der Waals surface area contributed by atoms with Crippen LogP contribution in [0.25, 0.3) is 22.4 Å². The van der Waals surface area contributed by atoms with Crippen LogP contribution in [0.15, 0.2) is 42.5 Å². The van der Waals surface area contributed by atoms with Crippen molar-refractivity contribution in [1.29, 1.82) is 0 Å². The topological polar surface area (TPSA) is 48.9 Å². The molecule has 1 heterocycles. The van der Waals surface area contributed by atoms with Gasteiger partial charge < -0.3 is 10.1 Å². The Balaban J connectivity index is 2.14. The number of aromatic nitrogens is 2. The first kappa shape index (κ1) is 12.9. The van der Waals surface area contributed by atoms with E-state index < -0.39 is 5.60 Å². The standard InChI is InChI=1S/C17H18N2O/c1-11-6-4-5-7-13(11)16-18-14-9-8-12(17(2,3)20)10-15(14)19-16/h4-10,20H,1-3H3,(H,18,19). The Morgan fingerprint density at radius 2 is 1.85 bits per heavy atom. The second-order valence-electron chi connectivity index (χ2n) is 5.69. The van der Waals surface area contributed by atoms with Gasteiger partial charge in [0, 0.05) is 5.56 Å². The second kappa shape index (κ2) is 4.46. The highest BCUT2D eigenvalue weighted by atomic mass is 16.3. The van der Waals surface area contributed by atoms with E-state index in [1.807, 2.05) is 30.3 Å². The number of aliphatic hydroxyl groups is 1. The fourth-order valence-corrected chi connectivity index (χ4v) is 2.36. The summed E-state index contributed by atoms with van der Waals surface area (Å²) in [5.74, 6) is 0.867. The van der Waals surface area contributed by atoms with Crippen molar-refractivity contribution in [3.8, 4) is 11.4 Å². The molecule has 20 heavy (non-hydrogen) atoms. The van der Waals surface area contributed by atoms with Crippen molar-refractivity contribution < 1.29 is 5.11 Å². The molecule has 1 aromatic heterocycles. The number of nitrogens with one attached hydrogen (secondary N) is 1. The smallest absolute Gasteiger partial charge is 0.138 e. The highest BCUT2D eigenvalue weighted by Gasteiger charge is 2.17. The number of aryl methyl sites for hydroxylation is 1. The van der Waals surface area contributed by atoms with Crippen LogP contribution >= 0.6 is 0 Å². The van der Waals surface area contributed by atoms with E-state index in [4.69, 9.17) is 0 Å². The van der Waals surface area contributed by atoms with Gasteiger partial charge in [-0.05, 0) is 44.0 Å². The quantitative estimate of drug-likeness (QED) is 0.742. The third-order valence-corrected chi connectivity index (χ3v) is 3.59. The largest absolute Gasteiger partial charge is 0.386 e. The normalized spacial score (nSPS) is 12.0. The van der Waals surface area contributed by atoms with E-state index in [1.165, 1.54) is 5.56 Å². The van der Waals surface area contributed by atoms with Gasteiger partial charge >= 0.3 is 0 Å². The predicted molar refractivity (Wildman–Crippen MR) is 81.5 cm³/mol. The molecule has 3 nitrogen and oxygen atoms in total. The fraction of sp³-hybridized carbons (Fsp3) is 0.235. The zero-order valence-corrected chi connectivity index (χ0v) is 11.9. The van der Waals surface area contributed by atoms with E-state index in [1.54, 1.807) is 13.8 Å². The molecule has 3 heteroatoms. The highest BCUT2D eigenvalue weighted by molar-refractivity contribution is 5.80. The number of nitrogens with zero attached hydrogens (tertiary/aromatic N) is 1. The molecule has 3 rings (SSSR count). The van der Waals surface area contributed by atoms with E-state index in [0.29, 0.717) is 0 Å². The molecule has 0 saturated carbocycles. The molecule has 2 N–H and O–H groups in total. The molecule has 0 aliphatic heterocycles. The molecule has 0 bridgehead atoms. The Morgan fingerprint density at radius 1 is 1.10 bits per heavy atom. The fourth-order valence-electron chi connectivity index (χ4n) is 2.36. The summed E-state index contributed by atoms with van der Waals surface area (Å²) in [5.41, 5.74) is 4.19. The molecule has 0 atom stereocenters. The lowest BCUT2D eigenvalue weighted by Crippen LogP contribution is -2.14. The van der Waals surface area contributed by atoms with Gasteiger partial charge in [-0.15, -0.1) is 0 Å². The minimum Gasteiger partial charge on any atom is -0.386 e. The first-order chi connectivity index (χ1) is 9.45. The summed E-state index contributed by atoms with van der Waals surface area (Å²) in [6.45, 7) is 5.64. The van der Waals surface area contributed by atoms with Crippen LogP contribution < -0.4 is 0 Å². The van der Waals surface area contributed by atoms with Crippen LogP contribution in [0.1, 0.15) is 25.0 Å². The lowest BCUT2D eigenvalue weighted by Gasteiger charge is -2.17. The highest BCUT2D eigenvalue weighted by Crippen LogP contribution is 2.27. The van der Waals surface area contributed by atoms with Gasteiger partial charge in [0.05, 0.1) is 16.6 Å². The van der Waals surface area contributed by atoms with Crippen LogP contribution in [0, 0.1) is 6.92 Å². The Labute approximate surface area is 118 Å². The third kappa shape index (κ3) is 2.21. The lowest BCUT2D eigenvalue weighted by atomic mass is 9.98. The number of imidazole rings is 1. The molecule has 0 amide bonds. The summed E-state index contributed by atoms with van der Waals surface area (Å²) in [5, 5.41) is 10.1. The van der Waals surface area contributed by atoms with Crippen molar-refractivity contribution in [2.45, 2.75) is 26.4 Å². The molecular weight excluding hydrogens is 248 g/mol. The SMILES string of the molecule is Cc1ccccc1-c1nc2ccc(C(C)(C)O)cc2[nH]1. The Hall–Kier alpha value is -2.13. The number of hydrogen-bond acceptors (Lipinski definition) is 2. The van der Waals surface area contributed by atoms with Crippen LogP contribution in [0.2, 0.25) is 0 Å². The molecule has 0 aliphatic rings. The number of aromatic amines is 1. The minimum atomic E-state index is -0.845. The first-order valence-electron chi connectivity index (χ1n) is 6.74. The molecule has 0 fully saturated rings. The van der Waals surface area contributed by atoms with E-state index >= 15 is 0 Å².